The molecule has 1 fully saturated rings. The average Bonchev–Trinajstić information content (AvgIpc) is 3.26. The lowest BCUT2D eigenvalue weighted by Gasteiger charge is -2.07. The predicted octanol–water partition coefficient (Wildman–Crippen LogP) is 1.11. The van der Waals surface area contributed by atoms with Gasteiger partial charge in [-0.25, -0.2) is 18.1 Å². The number of benzene rings is 1. The molecule has 0 heterocycles. The van der Waals surface area contributed by atoms with Crippen LogP contribution in [0.4, 0.5) is 0 Å². The van der Waals surface area contributed by atoms with Crippen molar-refractivity contribution in [3.8, 4) is 0 Å². The molecule has 22 heavy (non-hydrogen) atoms. The van der Waals surface area contributed by atoms with Gasteiger partial charge in [0.1, 0.15) is 0 Å². The lowest BCUT2D eigenvalue weighted by molar-refractivity contribution is 0.581. The number of guanidine groups is 1. The van der Waals surface area contributed by atoms with Crippen molar-refractivity contribution in [2.24, 2.45) is 10.7 Å². The average molecular weight is 322 g/mol. The first kappa shape index (κ1) is 16.5. The molecule has 1 aliphatic carbocycles. The van der Waals surface area contributed by atoms with Crippen molar-refractivity contribution in [2.45, 2.75) is 37.2 Å². The van der Waals surface area contributed by atoms with Crippen LogP contribution in [0.2, 0.25) is 0 Å². The lowest BCUT2D eigenvalue weighted by atomic mass is 10.2. The summed E-state index contributed by atoms with van der Waals surface area (Å²) < 4.78 is 26.7. The highest BCUT2D eigenvalue weighted by Crippen LogP contribution is 2.22. The van der Waals surface area contributed by atoms with Crippen molar-refractivity contribution in [3.63, 3.8) is 0 Å². The van der Waals surface area contributed by atoms with Crippen molar-refractivity contribution in [1.82, 2.24) is 10.0 Å². The molecule has 6 nitrogen and oxygen atoms in total. The first-order valence-corrected chi connectivity index (χ1v) is 8.64. The van der Waals surface area contributed by atoms with Gasteiger partial charge in [-0.2, -0.15) is 0 Å². The van der Waals surface area contributed by atoms with Crippen LogP contribution in [-0.2, 0) is 16.6 Å². The predicted molar refractivity (Wildman–Crippen MR) is 87.9 cm³/mol. The van der Waals surface area contributed by atoms with E-state index in [1.54, 1.807) is 24.3 Å². The quantitative estimate of drug-likeness (QED) is 0.398. The highest BCUT2D eigenvalue weighted by Gasteiger charge is 2.27. The van der Waals surface area contributed by atoms with Gasteiger partial charge in [-0.3, -0.25) is 0 Å². The van der Waals surface area contributed by atoms with E-state index in [0.717, 1.165) is 24.0 Å². The molecule has 0 atom stereocenters. The van der Waals surface area contributed by atoms with Crippen molar-refractivity contribution >= 4 is 16.0 Å². The van der Waals surface area contributed by atoms with Gasteiger partial charge in [0.05, 0.1) is 11.4 Å². The fourth-order valence-corrected chi connectivity index (χ4v) is 3.04. The summed E-state index contributed by atoms with van der Waals surface area (Å²) in [5.41, 5.74) is 7.58. The summed E-state index contributed by atoms with van der Waals surface area (Å²) in [5.74, 6) is 0.343. The molecule has 2 rings (SSSR count). The van der Waals surface area contributed by atoms with Gasteiger partial charge in [-0.05, 0) is 37.5 Å². The zero-order chi connectivity index (χ0) is 16.2. The van der Waals surface area contributed by atoms with Crippen LogP contribution in [0, 0.1) is 0 Å². The first-order chi connectivity index (χ1) is 10.4. The SMILES string of the molecule is C=C(C)CNC(N)=NCc1ccc(S(=O)(=O)NC2CC2)cc1. The van der Waals surface area contributed by atoms with Crippen molar-refractivity contribution in [1.29, 1.82) is 0 Å². The highest BCUT2D eigenvalue weighted by molar-refractivity contribution is 7.89. The van der Waals surface area contributed by atoms with Crippen LogP contribution >= 0.6 is 0 Å². The van der Waals surface area contributed by atoms with E-state index in [1.165, 1.54) is 0 Å². The molecule has 0 bridgehead atoms. The molecule has 1 aromatic carbocycles. The minimum atomic E-state index is -3.40. The Morgan fingerprint density at radius 1 is 1.36 bits per heavy atom. The highest BCUT2D eigenvalue weighted by atomic mass is 32.2. The normalized spacial score (nSPS) is 15.6. The Labute approximate surface area is 131 Å². The standard InChI is InChI=1S/C15H22N4O2S/c1-11(2)9-17-15(16)18-10-12-3-7-14(8-4-12)22(20,21)19-13-5-6-13/h3-4,7-8,13,19H,1,5-6,9-10H2,2H3,(H3,16,17,18). The van der Waals surface area contributed by atoms with E-state index >= 15 is 0 Å². The van der Waals surface area contributed by atoms with E-state index in [2.05, 4.69) is 21.6 Å². The number of aliphatic imine (C=N–C) groups is 1. The number of nitrogens with one attached hydrogen (secondary N) is 2. The minimum absolute atomic E-state index is 0.105. The van der Waals surface area contributed by atoms with Crippen LogP contribution in [0.15, 0.2) is 46.3 Å². The molecule has 4 N–H and O–H groups in total. The lowest BCUT2D eigenvalue weighted by Crippen LogP contribution is -2.32. The fraction of sp³-hybridized carbons (Fsp3) is 0.400. The van der Waals surface area contributed by atoms with E-state index < -0.39 is 10.0 Å². The summed E-state index contributed by atoms with van der Waals surface area (Å²) >= 11 is 0. The molecule has 7 heteroatoms. The van der Waals surface area contributed by atoms with Gasteiger partial charge in [-0.1, -0.05) is 24.3 Å². The molecule has 0 aromatic heterocycles. The molecule has 0 radical (unpaired) electrons. The van der Waals surface area contributed by atoms with Gasteiger partial charge in [0.15, 0.2) is 5.96 Å². The van der Waals surface area contributed by atoms with Crippen molar-refractivity contribution in [3.05, 3.63) is 42.0 Å². The molecule has 0 amide bonds. The Bertz CT molecular complexity index is 661. The van der Waals surface area contributed by atoms with E-state index in [-0.39, 0.29) is 10.9 Å². The van der Waals surface area contributed by atoms with Gasteiger partial charge in [0.2, 0.25) is 10.0 Å². The van der Waals surface area contributed by atoms with Gasteiger partial charge >= 0.3 is 0 Å². The molecule has 0 saturated heterocycles. The van der Waals surface area contributed by atoms with Gasteiger partial charge in [0, 0.05) is 12.6 Å². The molecular formula is C15H22N4O2S. The third-order valence-corrected chi connectivity index (χ3v) is 4.67. The Morgan fingerprint density at radius 2 is 2.00 bits per heavy atom. The molecule has 120 valence electrons. The first-order valence-electron chi connectivity index (χ1n) is 7.16. The van der Waals surface area contributed by atoms with Crippen molar-refractivity contribution in [2.75, 3.05) is 6.54 Å². The van der Waals surface area contributed by atoms with Crippen LogP contribution in [-0.4, -0.2) is 27.0 Å². The summed E-state index contributed by atoms with van der Waals surface area (Å²) in [6.45, 7) is 6.64. The number of sulfonamides is 1. The smallest absolute Gasteiger partial charge is 0.240 e. The maximum Gasteiger partial charge on any atom is 0.240 e. The summed E-state index contributed by atoms with van der Waals surface area (Å²) in [6, 6.07) is 6.78. The maximum absolute atomic E-state index is 12.0. The summed E-state index contributed by atoms with van der Waals surface area (Å²) in [4.78, 5) is 4.47. The third kappa shape index (κ3) is 5.16. The van der Waals surface area contributed by atoms with Gasteiger partial charge in [-0.15, -0.1) is 0 Å². The van der Waals surface area contributed by atoms with Crippen LogP contribution in [0.5, 0.6) is 0 Å². The van der Waals surface area contributed by atoms with E-state index in [1.807, 2.05) is 6.92 Å². The number of hydrogen-bond acceptors (Lipinski definition) is 3. The largest absolute Gasteiger partial charge is 0.370 e. The third-order valence-electron chi connectivity index (χ3n) is 3.14. The van der Waals surface area contributed by atoms with E-state index in [9.17, 15) is 8.42 Å². The Hall–Kier alpha value is -1.86. The Morgan fingerprint density at radius 3 is 2.55 bits per heavy atom. The molecule has 0 aliphatic heterocycles. The second-order valence-corrected chi connectivity index (χ2v) is 7.27. The van der Waals surface area contributed by atoms with Gasteiger partial charge < -0.3 is 11.1 Å². The number of nitrogens with zero attached hydrogens (tertiary/aromatic N) is 1. The number of nitrogens with two attached hydrogens (primary N) is 1. The van der Waals surface area contributed by atoms with Crippen LogP contribution in [0.3, 0.4) is 0 Å². The molecule has 0 spiro atoms. The van der Waals surface area contributed by atoms with E-state index in [4.69, 9.17) is 5.73 Å². The molecule has 1 aromatic rings. The second kappa shape index (κ2) is 6.93. The number of rotatable bonds is 7. The fourth-order valence-electron chi connectivity index (χ4n) is 1.74. The van der Waals surface area contributed by atoms with Gasteiger partial charge in [0.25, 0.3) is 0 Å². The zero-order valence-electron chi connectivity index (χ0n) is 12.7. The summed E-state index contributed by atoms with van der Waals surface area (Å²) in [6.07, 6.45) is 1.84. The molecule has 0 unspecified atom stereocenters. The summed E-state index contributed by atoms with van der Waals surface area (Å²) in [5, 5.41) is 2.94. The Kier molecular flexibility index (Phi) is 5.20. The minimum Gasteiger partial charge on any atom is -0.370 e. The summed E-state index contributed by atoms with van der Waals surface area (Å²) in [7, 11) is -3.40. The molecular weight excluding hydrogens is 300 g/mol. The van der Waals surface area contributed by atoms with Crippen LogP contribution < -0.4 is 15.8 Å². The molecule has 1 aliphatic rings. The second-order valence-electron chi connectivity index (χ2n) is 5.55. The van der Waals surface area contributed by atoms with E-state index in [0.29, 0.717) is 19.0 Å². The monoisotopic (exact) mass is 322 g/mol. The zero-order valence-corrected chi connectivity index (χ0v) is 13.5. The topological polar surface area (TPSA) is 96.6 Å². The van der Waals surface area contributed by atoms with Crippen LogP contribution in [0.1, 0.15) is 25.3 Å². The molecule has 1 saturated carbocycles. The number of hydrogen-bond donors (Lipinski definition) is 3. The van der Waals surface area contributed by atoms with Crippen molar-refractivity contribution < 1.29 is 8.42 Å². The Balaban J connectivity index is 1.94. The van der Waals surface area contributed by atoms with Crippen LogP contribution in [0.25, 0.3) is 0 Å². The maximum atomic E-state index is 12.0.